The van der Waals surface area contributed by atoms with Crippen molar-refractivity contribution >= 4 is 41.8 Å². The van der Waals surface area contributed by atoms with Gasteiger partial charge in [-0.3, -0.25) is 4.79 Å². The number of carbonyl (C=O) groups is 1. The van der Waals surface area contributed by atoms with Crippen LogP contribution in [-0.2, 0) is 0 Å². The molecule has 1 amide bonds. The number of aryl methyl sites for hydroxylation is 1. The Kier molecular flexibility index (Phi) is 6.01. The zero-order chi connectivity index (χ0) is 13.4. The van der Waals surface area contributed by atoms with Crippen molar-refractivity contribution in [3.63, 3.8) is 0 Å². The van der Waals surface area contributed by atoms with Crippen LogP contribution in [0.4, 0.5) is 0 Å². The van der Waals surface area contributed by atoms with Crippen molar-refractivity contribution in [2.24, 2.45) is 11.7 Å². The van der Waals surface area contributed by atoms with Gasteiger partial charge in [0.25, 0.3) is 5.91 Å². The molecule has 0 bridgehead atoms. The summed E-state index contributed by atoms with van der Waals surface area (Å²) in [5.41, 5.74) is 7.92. The van der Waals surface area contributed by atoms with E-state index in [1.807, 2.05) is 19.1 Å². The molecule has 0 aromatic carbocycles. The van der Waals surface area contributed by atoms with Crippen LogP contribution in [0.5, 0.6) is 0 Å². The molecule has 3 N–H and O–H groups in total. The smallest absolute Gasteiger partial charge is 0.287 e. The normalized spacial score (nSPS) is 15.0. The average Bonchev–Trinajstić information content (AvgIpc) is 3.15. The number of rotatable bonds is 4. The van der Waals surface area contributed by atoms with Crippen molar-refractivity contribution in [3.8, 4) is 0 Å². The van der Waals surface area contributed by atoms with Crippen molar-refractivity contribution in [3.05, 3.63) is 29.7 Å². The SMILES string of the molecule is Cc1ccc2oc(C(=O)NC(CN)C3CC3)cc2n1.Cl.Cl. The fourth-order valence-electron chi connectivity index (χ4n) is 2.25. The average molecular weight is 332 g/mol. The van der Waals surface area contributed by atoms with E-state index in [0.29, 0.717) is 29.3 Å². The fourth-order valence-corrected chi connectivity index (χ4v) is 2.25. The van der Waals surface area contributed by atoms with E-state index < -0.39 is 0 Å². The number of aromatic nitrogens is 1. The lowest BCUT2D eigenvalue weighted by Crippen LogP contribution is -2.41. The zero-order valence-corrected chi connectivity index (χ0v) is 13.3. The van der Waals surface area contributed by atoms with Crippen LogP contribution < -0.4 is 11.1 Å². The minimum Gasteiger partial charge on any atom is -0.449 e. The van der Waals surface area contributed by atoms with Crippen LogP contribution in [-0.4, -0.2) is 23.5 Å². The highest BCUT2D eigenvalue weighted by Gasteiger charge is 2.32. The number of fused-ring (bicyclic) bond motifs is 1. The van der Waals surface area contributed by atoms with Gasteiger partial charge in [0.2, 0.25) is 0 Å². The van der Waals surface area contributed by atoms with Crippen LogP contribution >= 0.6 is 24.8 Å². The van der Waals surface area contributed by atoms with Gasteiger partial charge in [0.05, 0.1) is 0 Å². The second kappa shape index (κ2) is 7.11. The van der Waals surface area contributed by atoms with Gasteiger partial charge < -0.3 is 15.5 Å². The molecule has 2 aromatic rings. The fraction of sp³-hybridized carbons (Fsp3) is 0.429. The first-order valence-electron chi connectivity index (χ1n) is 6.55. The molecule has 1 saturated carbocycles. The third-order valence-electron chi connectivity index (χ3n) is 3.50. The van der Waals surface area contributed by atoms with Crippen LogP contribution in [0.3, 0.4) is 0 Å². The first-order valence-corrected chi connectivity index (χ1v) is 6.55. The Morgan fingerprint density at radius 1 is 1.48 bits per heavy atom. The number of carbonyl (C=O) groups excluding carboxylic acids is 1. The van der Waals surface area contributed by atoms with Crippen LogP contribution in [0.1, 0.15) is 29.1 Å². The molecule has 116 valence electrons. The molecule has 7 heteroatoms. The van der Waals surface area contributed by atoms with Crippen molar-refractivity contribution in [2.75, 3.05) is 6.54 Å². The molecule has 1 aliphatic rings. The standard InChI is InChI=1S/C14H17N3O2.2ClH/c1-8-2-5-12-10(16-8)6-13(19-12)14(18)17-11(7-15)9-3-4-9;;/h2,5-6,9,11H,3-4,7,15H2,1H3,(H,17,18);2*1H. The molecule has 21 heavy (non-hydrogen) atoms. The number of amides is 1. The molecule has 2 aromatic heterocycles. The molecule has 1 aliphatic carbocycles. The van der Waals surface area contributed by atoms with Crippen molar-refractivity contribution in [1.29, 1.82) is 0 Å². The Hall–Kier alpha value is -1.30. The summed E-state index contributed by atoms with van der Waals surface area (Å²) in [6.07, 6.45) is 2.28. The molecule has 1 unspecified atom stereocenters. The van der Waals surface area contributed by atoms with Crippen molar-refractivity contribution in [2.45, 2.75) is 25.8 Å². The number of nitrogens with two attached hydrogens (primary N) is 1. The molecular weight excluding hydrogens is 313 g/mol. The van der Waals surface area contributed by atoms with Gasteiger partial charge in [-0.1, -0.05) is 0 Å². The van der Waals surface area contributed by atoms with Crippen molar-refractivity contribution in [1.82, 2.24) is 10.3 Å². The van der Waals surface area contributed by atoms with E-state index in [4.69, 9.17) is 10.2 Å². The molecule has 0 spiro atoms. The van der Waals surface area contributed by atoms with E-state index in [1.54, 1.807) is 6.07 Å². The van der Waals surface area contributed by atoms with Crippen molar-refractivity contribution < 1.29 is 9.21 Å². The van der Waals surface area contributed by atoms with Crippen LogP contribution in [0, 0.1) is 12.8 Å². The number of nitrogens with one attached hydrogen (secondary N) is 1. The van der Waals surface area contributed by atoms with Gasteiger partial charge in [-0.25, -0.2) is 4.98 Å². The number of halogens is 2. The zero-order valence-electron chi connectivity index (χ0n) is 11.7. The Morgan fingerprint density at radius 2 is 2.19 bits per heavy atom. The van der Waals surface area contributed by atoms with Crippen LogP contribution in [0.25, 0.3) is 11.1 Å². The molecule has 0 radical (unpaired) electrons. The highest BCUT2D eigenvalue weighted by Crippen LogP contribution is 2.32. The highest BCUT2D eigenvalue weighted by molar-refractivity contribution is 5.95. The summed E-state index contributed by atoms with van der Waals surface area (Å²) < 4.78 is 5.51. The summed E-state index contributed by atoms with van der Waals surface area (Å²) >= 11 is 0. The van der Waals surface area contributed by atoms with E-state index >= 15 is 0 Å². The number of furan rings is 1. The summed E-state index contributed by atoms with van der Waals surface area (Å²) in [7, 11) is 0. The molecular formula is C14H19Cl2N3O2. The van der Waals surface area contributed by atoms with E-state index in [9.17, 15) is 4.79 Å². The first-order chi connectivity index (χ1) is 9.17. The number of hydrogen-bond acceptors (Lipinski definition) is 4. The molecule has 2 heterocycles. The van der Waals surface area contributed by atoms with Gasteiger partial charge in [-0.15, -0.1) is 24.8 Å². The second-order valence-electron chi connectivity index (χ2n) is 5.10. The van der Waals surface area contributed by atoms with Gasteiger partial charge in [-0.05, 0) is 37.8 Å². The predicted octanol–water partition coefficient (Wildman–Crippen LogP) is 2.45. The maximum atomic E-state index is 12.1. The van der Waals surface area contributed by atoms with Gasteiger partial charge in [0, 0.05) is 24.3 Å². The number of hydrogen-bond donors (Lipinski definition) is 2. The minimum absolute atomic E-state index is 0. The molecule has 3 rings (SSSR count). The summed E-state index contributed by atoms with van der Waals surface area (Å²) in [4.78, 5) is 16.4. The van der Waals surface area contributed by atoms with Gasteiger partial charge in [0.1, 0.15) is 5.52 Å². The monoisotopic (exact) mass is 331 g/mol. The minimum atomic E-state index is -0.210. The van der Waals surface area contributed by atoms with E-state index in [-0.39, 0.29) is 36.8 Å². The lowest BCUT2D eigenvalue weighted by Gasteiger charge is -2.14. The Balaban J connectivity index is 0.00000110. The van der Waals surface area contributed by atoms with E-state index in [0.717, 1.165) is 18.5 Å². The highest BCUT2D eigenvalue weighted by atomic mass is 35.5. The van der Waals surface area contributed by atoms with Gasteiger partial charge >= 0.3 is 0 Å². The summed E-state index contributed by atoms with van der Waals surface area (Å²) in [5.74, 6) is 0.615. The first kappa shape index (κ1) is 17.8. The predicted molar refractivity (Wildman–Crippen MR) is 86.3 cm³/mol. The molecule has 1 atom stereocenters. The van der Waals surface area contributed by atoms with Crippen LogP contribution in [0.2, 0.25) is 0 Å². The summed E-state index contributed by atoms with van der Waals surface area (Å²) in [6, 6.07) is 5.42. The number of nitrogens with zero attached hydrogens (tertiary/aromatic N) is 1. The van der Waals surface area contributed by atoms with E-state index in [2.05, 4.69) is 10.3 Å². The Morgan fingerprint density at radius 3 is 2.81 bits per heavy atom. The molecule has 0 saturated heterocycles. The summed E-state index contributed by atoms with van der Waals surface area (Å²) in [5, 5.41) is 2.94. The second-order valence-corrected chi connectivity index (χ2v) is 5.10. The molecule has 5 nitrogen and oxygen atoms in total. The third-order valence-corrected chi connectivity index (χ3v) is 3.50. The van der Waals surface area contributed by atoms with Gasteiger partial charge in [0.15, 0.2) is 11.3 Å². The Bertz CT molecular complexity index is 626. The lowest BCUT2D eigenvalue weighted by atomic mass is 10.2. The topological polar surface area (TPSA) is 81.2 Å². The Labute approximate surface area is 135 Å². The lowest BCUT2D eigenvalue weighted by molar-refractivity contribution is 0.0907. The molecule has 0 aliphatic heterocycles. The number of pyridine rings is 1. The quantitative estimate of drug-likeness (QED) is 0.901. The maximum Gasteiger partial charge on any atom is 0.287 e. The van der Waals surface area contributed by atoms with E-state index in [1.165, 1.54) is 0 Å². The van der Waals surface area contributed by atoms with Gasteiger partial charge in [-0.2, -0.15) is 0 Å². The van der Waals surface area contributed by atoms with Crippen LogP contribution in [0.15, 0.2) is 22.6 Å². The summed E-state index contributed by atoms with van der Waals surface area (Å²) in [6.45, 7) is 2.37. The third kappa shape index (κ3) is 3.87. The molecule has 1 fully saturated rings. The largest absolute Gasteiger partial charge is 0.449 e. The maximum absolute atomic E-state index is 12.1.